The van der Waals surface area contributed by atoms with Crippen LogP contribution in [0.1, 0.15) is 23.5 Å². The summed E-state index contributed by atoms with van der Waals surface area (Å²) in [4.78, 5) is 5.67. The molecule has 2 rings (SSSR count). The van der Waals surface area contributed by atoms with E-state index in [-0.39, 0.29) is 6.04 Å². The normalized spacial score (nSPS) is 12.6. The van der Waals surface area contributed by atoms with E-state index in [0.29, 0.717) is 0 Å². The van der Waals surface area contributed by atoms with Gasteiger partial charge in [0.2, 0.25) is 0 Å². The molecule has 96 valence electrons. The number of nitrogens with zero attached hydrogens (tertiary/aromatic N) is 1. The standard InChI is InChI=1S/C13H14BrClN2S/c1-2-16-11(12-5-6-13(15)18-12)7-10-4-3-9(14)8-17-10/h3-6,8,11,16H,2,7H2,1H3. The molecule has 0 aliphatic heterocycles. The SMILES string of the molecule is CCNC(Cc1ccc(Br)cn1)c1ccc(Cl)s1. The van der Waals surface area contributed by atoms with Crippen LogP contribution in [0.5, 0.6) is 0 Å². The molecular weight excluding hydrogens is 332 g/mol. The highest BCUT2D eigenvalue weighted by atomic mass is 79.9. The molecule has 1 N–H and O–H groups in total. The summed E-state index contributed by atoms with van der Waals surface area (Å²) < 4.78 is 1.84. The van der Waals surface area contributed by atoms with Crippen molar-refractivity contribution in [3.63, 3.8) is 0 Å². The summed E-state index contributed by atoms with van der Waals surface area (Å²) in [5.74, 6) is 0. The van der Waals surface area contributed by atoms with E-state index in [2.05, 4.69) is 39.2 Å². The molecule has 18 heavy (non-hydrogen) atoms. The molecule has 2 nitrogen and oxygen atoms in total. The molecule has 0 radical (unpaired) electrons. The first-order chi connectivity index (χ1) is 8.69. The Morgan fingerprint density at radius 2 is 2.22 bits per heavy atom. The van der Waals surface area contributed by atoms with Crippen LogP contribution in [0.15, 0.2) is 34.9 Å². The van der Waals surface area contributed by atoms with Crippen LogP contribution in [-0.2, 0) is 6.42 Å². The minimum atomic E-state index is 0.279. The summed E-state index contributed by atoms with van der Waals surface area (Å²) in [5.41, 5.74) is 1.08. The van der Waals surface area contributed by atoms with Crippen molar-refractivity contribution in [2.75, 3.05) is 6.54 Å². The summed E-state index contributed by atoms with van der Waals surface area (Å²) in [7, 11) is 0. The van der Waals surface area contributed by atoms with Gasteiger partial charge in [0.25, 0.3) is 0 Å². The molecule has 0 saturated carbocycles. The Morgan fingerprint density at radius 1 is 1.39 bits per heavy atom. The number of halogens is 2. The lowest BCUT2D eigenvalue weighted by atomic mass is 10.1. The van der Waals surface area contributed by atoms with Gasteiger partial charge in [0.05, 0.1) is 4.34 Å². The molecule has 0 fully saturated rings. The third kappa shape index (κ3) is 3.79. The lowest BCUT2D eigenvalue weighted by Crippen LogP contribution is -2.22. The third-order valence-corrected chi connectivity index (χ3v) is 4.40. The first-order valence-corrected chi connectivity index (χ1v) is 7.77. The summed E-state index contributed by atoms with van der Waals surface area (Å²) in [6.07, 6.45) is 2.71. The van der Waals surface area contributed by atoms with E-state index in [1.54, 1.807) is 11.3 Å². The molecule has 0 aliphatic carbocycles. The highest BCUT2D eigenvalue weighted by Gasteiger charge is 2.14. The van der Waals surface area contributed by atoms with E-state index < -0.39 is 0 Å². The molecule has 0 bridgehead atoms. The van der Waals surface area contributed by atoms with Crippen molar-refractivity contribution in [3.8, 4) is 0 Å². The van der Waals surface area contributed by atoms with Crippen LogP contribution in [0, 0.1) is 0 Å². The van der Waals surface area contributed by atoms with E-state index in [0.717, 1.165) is 27.5 Å². The Balaban J connectivity index is 2.13. The van der Waals surface area contributed by atoms with Crippen LogP contribution in [0.4, 0.5) is 0 Å². The van der Waals surface area contributed by atoms with Gasteiger partial charge >= 0.3 is 0 Å². The maximum atomic E-state index is 6.00. The minimum absolute atomic E-state index is 0.279. The summed E-state index contributed by atoms with van der Waals surface area (Å²) >= 11 is 11.0. The monoisotopic (exact) mass is 344 g/mol. The minimum Gasteiger partial charge on any atom is -0.309 e. The molecule has 1 unspecified atom stereocenters. The summed E-state index contributed by atoms with van der Waals surface area (Å²) in [6, 6.07) is 8.37. The first-order valence-electron chi connectivity index (χ1n) is 5.78. The second-order valence-electron chi connectivity index (χ2n) is 3.92. The highest BCUT2D eigenvalue weighted by Crippen LogP contribution is 2.28. The number of rotatable bonds is 5. The molecule has 0 aliphatic rings. The van der Waals surface area contributed by atoms with Crippen molar-refractivity contribution in [2.45, 2.75) is 19.4 Å². The van der Waals surface area contributed by atoms with Crippen molar-refractivity contribution in [2.24, 2.45) is 0 Å². The predicted octanol–water partition coefficient (Wildman–Crippen LogP) is 4.45. The number of nitrogens with one attached hydrogen (secondary N) is 1. The number of thiophene rings is 1. The van der Waals surface area contributed by atoms with Gasteiger partial charge < -0.3 is 5.32 Å². The van der Waals surface area contributed by atoms with Crippen molar-refractivity contribution in [1.82, 2.24) is 10.3 Å². The Morgan fingerprint density at radius 3 is 2.78 bits per heavy atom. The molecule has 0 amide bonds. The van der Waals surface area contributed by atoms with Crippen LogP contribution >= 0.6 is 38.9 Å². The predicted molar refractivity (Wildman–Crippen MR) is 81.4 cm³/mol. The Bertz CT molecular complexity index is 498. The average Bonchev–Trinajstić information content (AvgIpc) is 2.78. The molecule has 5 heteroatoms. The van der Waals surface area contributed by atoms with E-state index in [9.17, 15) is 0 Å². The van der Waals surface area contributed by atoms with Gasteiger partial charge in [-0.15, -0.1) is 11.3 Å². The quantitative estimate of drug-likeness (QED) is 0.866. The van der Waals surface area contributed by atoms with Crippen molar-refractivity contribution >= 4 is 38.9 Å². The van der Waals surface area contributed by atoms with Crippen LogP contribution < -0.4 is 5.32 Å². The molecule has 2 aromatic heterocycles. The van der Waals surface area contributed by atoms with Gasteiger partial charge in [-0.05, 0) is 46.7 Å². The number of pyridine rings is 1. The summed E-state index contributed by atoms with van der Waals surface area (Å²) in [6.45, 7) is 3.04. The summed E-state index contributed by atoms with van der Waals surface area (Å²) in [5, 5.41) is 3.48. The van der Waals surface area contributed by atoms with Crippen molar-refractivity contribution < 1.29 is 0 Å². The van der Waals surface area contributed by atoms with Crippen LogP contribution in [0.25, 0.3) is 0 Å². The van der Waals surface area contributed by atoms with Crippen LogP contribution in [0.3, 0.4) is 0 Å². The largest absolute Gasteiger partial charge is 0.309 e. The van der Waals surface area contributed by atoms with Crippen molar-refractivity contribution in [3.05, 3.63) is 49.8 Å². The van der Waals surface area contributed by atoms with Gasteiger partial charge in [-0.1, -0.05) is 18.5 Å². The molecule has 0 spiro atoms. The Hall–Kier alpha value is -0.420. The molecule has 2 aromatic rings. The fourth-order valence-corrected chi connectivity index (χ4v) is 3.14. The second-order valence-corrected chi connectivity index (χ2v) is 6.59. The van der Waals surface area contributed by atoms with Crippen molar-refractivity contribution in [1.29, 1.82) is 0 Å². The van der Waals surface area contributed by atoms with Crippen LogP contribution in [0.2, 0.25) is 4.34 Å². The van der Waals surface area contributed by atoms with E-state index in [1.807, 2.05) is 24.4 Å². The maximum absolute atomic E-state index is 6.00. The zero-order chi connectivity index (χ0) is 13.0. The van der Waals surface area contributed by atoms with Gasteiger partial charge in [-0.25, -0.2) is 0 Å². The first kappa shape index (κ1) is 14.0. The van der Waals surface area contributed by atoms with E-state index in [1.165, 1.54) is 4.88 Å². The molecular formula is C13H14BrClN2S. The topological polar surface area (TPSA) is 24.9 Å². The number of aromatic nitrogens is 1. The zero-order valence-electron chi connectivity index (χ0n) is 9.99. The molecule has 2 heterocycles. The fraction of sp³-hybridized carbons (Fsp3) is 0.308. The lowest BCUT2D eigenvalue weighted by molar-refractivity contribution is 0.552. The lowest BCUT2D eigenvalue weighted by Gasteiger charge is -2.15. The van der Waals surface area contributed by atoms with E-state index in [4.69, 9.17) is 11.6 Å². The highest BCUT2D eigenvalue weighted by molar-refractivity contribution is 9.10. The zero-order valence-corrected chi connectivity index (χ0v) is 13.1. The van der Waals surface area contributed by atoms with Gasteiger partial charge in [0, 0.05) is 33.7 Å². The third-order valence-electron chi connectivity index (χ3n) is 2.59. The van der Waals surface area contributed by atoms with Crippen LogP contribution in [-0.4, -0.2) is 11.5 Å². The van der Waals surface area contributed by atoms with E-state index >= 15 is 0 Å². The smallest absolute Gasteiger partial charge is 0.0931 e. The number of hydrogen-bond acceptors (Lipinski definition) is 3. The van der Waals surface area contributed by atoms with Gasteiger partial charge in [0.15, 0.2) is 0 Å². The van der Waals surface area contributed by atoms with Gasteiger partial charge in [0.1, 0.15) is 0 Å². The van der Waals surface area contributed by atoms with Gasteiger partial charge in [-0.2, -0.15) is 0 Å². The second kappa shape index (κ2) is 6.66. The number of likely N-dealkylation sites (N-methyl/N-ethyl adjacent to an activating group) is 1. The maximum Gasteiger partial charge on any atom is 0.0931 e. The Labute approximate surface area is 125 Å². The van der Waals surface area contributed by atoms with Gasteiger partial charge in [-0.3, -0.25) is 4.98 Å². The fourth-order valence-electron chi connectivity index (χ4n) is 1.77. The average molecular weight is 346 g/mol. The molecule has 0 aromatic carbocycles. The Kier molecular flexibility index (Phi) is 5.18. The molecule has 1 atom stereocenters. The number of hydrogen-bond donors (Lipinski definition) is 1. The molecule has 0 saturated heterocycles.